The molecule has 0 aliphatic rings. The fourth-order valence-corrected chi connectivity index (χ4v) is 3.20. The minimum atomic E-state index is -3.94. The molecule has 0 heterocycles. The van der Waals surface area contributed by atoms with Crippen LogP contribution in [0.15, 0.2) is 51.8 Å². The highest BCUT2D eigenvalue weighted by Crippen LogP contribution is 2.18. The van der Waals surface area contributed by atoms with Gasteiger partial charge in [0.2, 0.25) is 10.0 Å². The maximum atomic E-state index is 13.6. The molecular weight excluding hydrogens is 347 g/mol. The van der Waals surface area contributed by atoms with E-state index in [1.165, 1.54) is 6.07 Å². The van der Waals surface area contributed by atoms with Crippen LogP contribution in [0, 0.1) is 5.82 Å². The van der Waals surface area contributed by atoms with Gasteiger partial charge in [0.1, 0.15) is 10.7 Å². The molecule has 2 aromatic rings. The zero-order valence-electron chi connectivity index (χ0n) is 10.3. The quantitative estimate of drug-likeness (QED) is 0.825. The molecule has 0 aliphatic carbocycles. The Bertz CT molecular complexity index is 735. The van der Waals surface area contributed by atoms with Crippen molar-refractivity contribution in [3.05, 3.63) is 58.3 Å². The summed E-state index contributed by atoms with van der Waals surface area (Å²) in [7, 11) is -3.94. The van der Waals surface area contributed by atoms with Crippen molar-refractivity contribution in [3.63, 3.8) is 0 Å². The summed E-state index contributed by atoms with van der Waals surface area (Å²) < 4.78 is 40.8. The number of hydrogen-bond acceptors (Lipinski definition) is 3. The van der Waals surface area contributed by atoms with Crippen molar-refractivity contribution < 1.29 is 12.8 Å². The highest BCUT2D eigenvalue weighted by Gasteiger charge is 2.19. The molecule has 0 saturated heterocycles. The van der Waals surface area contributed by atoms with Crippen molar-refractivity contribution in [2.45, 2.75) is 11.4 Å². The molecule has 20 heavy (non-hydrogen) atoms. The third kappa shape index (κ3) is 3.56. The maximum absolute atomic E-state index is 13.6. The standard InChI is InChI=1S/C13H12BrFN2O2S/c14-10-3-1-2-9(6-10)8-17-20(18,19)13-7-11(16)4-5-12(13)15/h1-7,17H,8,16H2. The molecule has 2 aromatic carbocycles. The Hall–Kier alpha value is -1.44. The molecule has 4 nitrogen and oxygen atoms in total. The number of nitrogen functional groups attached to an aromatic ring is 1. The first-order valence-corrected chi connectivity index (χ1v) is 7.95. The fraction of sp³-hybridized carbons (Fsp3) is 0.0769. The van der Waals surface area contributed by atoms with E-state index in [0.717, 1.165) is 22.2 Å². The molecule has 0 aliphatic heterocycles. The van der Waals surface area contributed by atoms with Crippen LogP contribution < -0.4 is 10.5 Å². The van der Waals surface area contributed by atoms with Crippen molar-refractivity contribution in [2.24, 2.45) is 0 Å². The number of rotatable bonds is 4. The Labute approximate surface area is 125 Å². The third-order valence-corrected chi connectivity index (χ3v) is 4.51. The summed E-state index contributed by atoms with van der Waals surface area (Å²) in [5.74, 6) is -0.832. The average molecular weight is 359 g/mol. The van der Waals surface area contributed by atoms with E-state index in [1.54, 1.807) is 18.2 Å². The molecule has 0 bridgehead atoms. The van der Waals surface area contributed by atoms with Gasteiger partial charge in [0, 0.05) is 16.7 Å². The minimum absolute atomic E-state index is 0.0655. The average Bonchev–Trinajstić information content (AvgIpc) is 2.39. The lowest BCUT2D eigenvalue weighted by Crippen LogP contribution is -2.24. The van der Waals surface area contributed by atoms with Crippen molar-refractivity contribution in [1.82, 2.24) is 4.72 Å². The summed E-state index contributed by atoms with van der Waals surface area (Å²) in [4.78, 5) is -0.451. The van der Waals surface area contributed by atoms with Gasteiger partial charge in [-0.05, 0) is 35.9 Å². The first-order chi connectivity index (χ1) is 9.38. The molecule has 0 atom stereocenters. The van der Waals surface area contributed by atoms with E-state index in [9.17, 15) is 12.8 Å². The first-order valence-electron chi connectivity index (χ1n) is 5.67. The lowest BCUT2D eigenvalue weighted by molar-refractivity contribution is 0.557. The second kappa shape index (κ2) is 5.90. The van der Waals surface area contributed by atoms with Gasteiger partial charge in [-0.2, -0.15) is 0 Å². The van der Waals surface area contributed by atoms with Crippen molar-refractivity contribution in [3.8, 4) is 0 Å². The van der Waals surface area contributed by atoms with Crippen LogP contribution in [-0.2, 0) is 16.6 Å². The number of nitrogens with one attached hydrogen (secondary N) is 1. The highest BCUT2D eigenvalue weighted by atomic mass is 79.9. The lowest BCUT2D eigenvalue weighted by Gasteiger charge is -2.08. The number of anilines is 1. The van der Waals surface area contributed by atoms with Gasteiger partial charge in [0.25, 0.3) is 0 Å². The molecule has 0 unspecified atom stereocenters. The fourth-order valence-electron chi connectivity index (χ4n) is 1.63. The molecule has 0 radical (unpaired) electrons. The Morgan fingerprint density at radius 1 is 1.20 bits per heavy atom. The van der Waals surface area contributed by atoms with Crippen LogP contribution in [0.1, 0.15) is 5.56 Å². The Morgan fingerprint density at radius 2 is 1.95 bits per heavy atom. The SMILES string of the molecule is Nc1ccc(F)c(S(=O)(=O)NCc2cccc(Br)c2)c1. The van der Waals surface area contributed by atoms with E-state index < -0.39 is 20.7 Å². The van der Waals surface area contributed by atoms with E-state index >= 15 is 0 Å². The van der Waals surface area contributed by atoms with Gasteiger partial charge >= 0.3 is 0 Å². The van der Waals surface area contributed by atoms with Gasteiger partial charge in [0.15, 0.2) is 0 Å². The smallest absolute Gasteiger partial charge is 0.243 e. The molecule has 0 aromatic heterocycles. The normalized spacial score (nSPS) is 11.5. The lowest BCUT2D eigenvalue weighted by atomic mass is 10.2. The predicted molar refractivity (Wildman–Crippen MR) is 79.0 cm³/mol. The van der Waals surface area contributed by atoms with E-state index in [1.807, 2.05) is 6.07 Å². The van der Waals surface area contributed by atoms with Crippen molar-refractivity contribution in [2.75, 3.05) is 5.73 Å². The number of nitrogens with two attached hydrogens (primary N) is 1. The molecule has 3 N–H and O–H groups in total. The van der Waals surface area contributed by atoms with E-state index in [0.29, 0.717) is 0 Å². The van der Waals surface area contributed by atoms with Crippen LogP contribution in [0.25, 0.3) is 0 Å². The molecule has 0 saturated carbocycles. The third-order valence-electron chi connectivity index (χ3n) is 2.60. The largest absolute Gasteiger partial charge is 0.399 e. The van der Waals surface area contributed by atoms with Gasteiger partial charge in [-0.15, -0.1) is 0 Å². The van der Waals surface area contributed by atoms with Gasteiger partial charge in [-0.1, -0.05) is 28.1 Å². The van der Waals surface area contributed by atoms with Gasteiger partial charge in [0.05, 0.1) is 0 Å². The summed E-state index contributed by atoms with van der Waals surface area (Å²) >= 11 is 3.29. The van der Waals surface area contributed by atoms with Gasteiger partial charge in [-0.25, -0.2) is 17.5 Å². The highest BCUT2D eigenvalue weighted by molar-refractivity contribution is 9.10. The molecule has 7 heteroatoms. The van der Waals surface area contributed by atoms with Crippen molar-refractivity contribution in [1.29, 1.82) is 0 Å². The minimum Gasteiger partial charge on any atom is -0.399 e. The van der Waals surface area contributed by atoms with Crippen LogP contribution >= 0.6 is 15.9 Å². The topological polar surface area (TPSA) is 72.2 Å². The van der Waals surface area contributed by atoms with Gasteiger partial charge < -0.3 is 5.73 Å². The number of sulfonamides is 1. The number of halogens is 2. The summed E-state index contributed by atoms with van der Waals surface area (Å²) in [6.07, 6.45) is 0. The summed E-state index contributed by atoms with van der Waals surface area (Å²) in [5, 5.41) is 0. The second-order valence-electron chi connectivity index (χ2n) is 4.14. The van der Waals surface area contributed by atoms with Crippen LogP contribution in [0.2, 0.25) is 0 Å². The predicted octanol–water partition coefficient (Wildman–Crippen LogP) is 2.65. The Morgan fingerprint density at radius 3 is 2.65 bits per heavy atom. The van der Waals surface area contributed by atoms with Crippen LogP contribution in [0.4, 0.5) is 10.1 Å². The monoisotopic (exact) mass is 358 g/mol. The Balaban J connectivity index is 2.21. The first kappa shape index (κ1) is 15.0. The number of hydrogen-bond donors (Lipinski definition) is 2. The summed E-state index contributed by atoms with van der Waals surface area (Å²) in [6.45, 7) is 0.0655. The molecule has 0 amide bonds. The van der Waals surface area contributed by atoms with E-state index in [2.05, 4.69) is 20.7 Å². The van der Waals surface area contributed by atoms with Gasteiger partial charge in [-0.3, -0.25) is 0 Å². The van der Waals surface area contributed by atoms with E-state index in [-0.39, 0.29) is 12.2 Å². The van der Waals surface area contributed by atoms with E-state index in [4.69, 9.17) is 5.73 Å². The number of benzene rings is 2. The molecule has 106 valence electrons. The van der Waals surface area contributed by atoms with Crippen LogP contribution in [0.3, 0.4) is 0 Å². The van der Waals surface area contributed by atoms with Crippen molar-refractivity contribution >= 4 is 31.6 Å². The Kier molecular flexibility index (Phi) is 4.42. The second-order valence-corrected chi connectivity index (χ2v) is 6.80. The zero-order valence-corrected chi connectivity index (χ0v) is 12.7. The van der Waals surface area contributed by atoms with Crippen LogP contribution in [-0.4, -0.2) is 8.42 Å². The summed E-state index contributed by atoms with van der Waals surface area (Å²) in [5.41, 5.74) is 6.43. The van der Waals surface area contributed by atoms with Crippen LogP contribution in [0.5, 0.6) is 0 Å². The molecule has 2 rings (SSSR count). The summed E-state index contributed by atoms with van der Waals surface area (Å²) in [6, 6.07) is 10.6. The molecular formula is C13H12BrFN2O2S. The zero-order chi connectivity index (χ0) is 14.8. The molecule has 0 spiro atoms. The maximum Gasteiger partial charge on any atom is 0.243 e. The molecule has 0 fully saturated rings.